The second-order valence-electron chi connectivity index (χ2n) is 5.51. The van der Waals surface area contributed by atoms with Gasteiger partial charge in [-0.2, -0.15) is 0 Å². The molecule has 0 aromatic heterocycles. The minimum absolute atomic E-state index is 0.0547. The topological polar surface area (TPSA) is 24.5 Å². The molecule has 1 aromatic carbocycles. The van der Waals surface area contributed by atoms with Gasteiger partial charge in [-0.1, -0.05) is 24.6 Å². The lowest BCUT2D eigenvalue weighted by atomic mass is 9.99. The summed E-state index contributed by atoms with van der Waals surface area (Å²) in [5, 5.41) is 3.74. The summed E-state index contributed by atoms with van der Waals surface area (Å²) >= 11 is 6.13. The molecule has 0 aliphatic carbocycles. The molecule has 1 aliphatic heterocycles. The van der Waals surface area contributed by atoms with Gasteiger partial charge in [0.15, 0.2) is 0 Å². The minimum Gasteiger partial charge on any atom is -0.374 e. The molecule has 1 fully saturated rings. The molecular weight excluding hydrogens is 291 g/mol. The van der Waals surface area contributed by atoms with Crippen molar-refractivity contribution in [2.75, 3.05) is 33.3 Å². The largest absolute Gasteiger partial charge is 0.374 e. The lowest BCUT2D eigenvalue weighted by Gasteiger charge is -2.37. The monoisotopic (exact) mass is 314 g/mol. The number of rotatable bonds is 6. The summed E-state index contributed by atoms with van der Waals surface area (Å²) in [5.74, 6) is -0.246. The van der Waals surface area contributed by atoms with Crippen molar-refractivity contribution in [2.45, 2.75) is 31.9 Å². The van der Waals surface area contributed by atoms with Crippen LogP contribution in [0.1, 0.15) is 18.9 Å². The summed E-state index contributed by atoms with van der Waals surface area (Å²) in [6.07, 6.45) is 1.73. The van der Waals surface area contributed by atoms with Gasteiger partial charge in [0.05, 0.1) is 12.7 Å². The highest BCUT2D eigenvalue weighted by Gasteiger charge is 2.28. The van der Waals surface area contributed by atoms with Gasteiger partial charge in [-0.15, -0.1) is 0 Å². The number of morpholine rings is 1. The molecule has 1 aliphatic rings. The molecular formula is C16H24ClFN2O. The van der Waals surface area contributed by atoms with Gasteiger partial charge in [-0.3, -0.25) is 4.90 Å². The SMILES string of the molecule is CCCN1CCOC(C(Cc2c(F)cccc2Cl)NC)C1. The Balaban J connectivity index is 2.05. The molecule has 0 spiro atoms. The maximum Gasteiger partial charge on any atom is 0.127 e. The van der Waals surface area contributed by atoms with E-state index in [1.54, 1.807) is 12.1 Å². The van der Waals surface area contributed by atoms with Crippen LogP contribution >= 0.6 is 11.6 Å². The Morgan fingerprint density at radius 2 is 2.33 bits per heavy atom. The van der Waals surface area contributed by atoms with E-state index in [4.69, 9.17) is 16.3 Å². The first-order valence-electron chi connectivity index (χ1n) is 7.59. The number of benzene rings is 1. The number of nitrogens with one attached hydrogen (secondary N) is 1. The highest BCUT2D eigenvalue weighted by molar-refractivity contribution is 6.31. The Morgan fingerprint density at radius 3 is 3.00 bits per heavy atom. The third-order valence-corrected chi connectivity index (χ3v) is 4.38. The maximum absolute atomic E-state index is 13.9. The zero-order chi connectivity index (χ0) is 15.2. The predicted octanol–water partition coefficient (Wildman–Crippen LogP) is 2.72. The number of likely N-dealkylation sites (N-methyl/N-ethyl adjacent to an activating group) is 1. The highest BCUT2D eigenvalue weighted by Crippen LogP contribution is 2.22. The smallest absolute Gasteiger partial charge is 0.127 e. The van der Waals surface area contributed by atoms with Crippen molar-refractivity contribution in [3.05, 3.63) is 34.6 Å². The molecule has 2 atom stereocenters. The molecule has 3 nitrogen and oxygen atoms in total. The van der Waals surface area contributed by atoms with E-state index in [2.05, 4.69) is 17.1 Å². The zero-order valence-corrected chi connectivity index (χ0v) is 13.5. The molecule has 21 heavy (non-hydrogen) atoms. The van der Waals surface area contributed by atoms with E-state index in [9.17, 15) is 4.39 Å². The first kappa shape index (κ1) is 16.7. The van der Waals surface area contributed by atoms with E-state index >= 15 is 0 Å². The van der Waals surface area contributed by atoms with Crippen molar-refractivity contribution in [1.29, 1.82) is 0 Å². The van der Waals surface area contributed by atoms with Crippen LogP contribution in [0.3, 0.4) is 0 Å². The van der Waals surface area contributed by atoms with Crippen molar-refractivity contribution in [2.24, 2.45) is 0 Å². The lowest BCUT2D eigenvalue weighted by molar-refractivity contribution is -0.0451. The van der Waals surface area contributed by atoms with Gasteiger partial charge in [0, 0.05) is 29.7 Å². The molecule has 1 heterocycles. The normalized spacial score (nSPS) is 21.4. The third-order valence-electron chi connectivity index (χ3n) is 4.02. The predicted molar refractivity (Wildman–Crippen MR) is 84.4 cm³/mol. The molecule has 0 amide bonds. The second-order valence-corrected chi connectivity index (χ2v) is 5.92. The molecule has 0 bridgehead atoms. The van der Waals surface area contributed by atoms with Crippen LogP contribution in [-0.4, -0.2) is 50.3 Å². The summed E-state index contributed by atoms with van der Waals surface area (Å²) in [6.45, 7) is 5.84. The zero-order valence-electron chi connectivity index (χ0n) is 12.7. The van der Waals surface area contributed by atoms with Crippen molar-refractivity contribution in [3.8, 4) is 0 Å². The van der Waals surface area contributed by atoms with Crippen LogP contribution in [0.5, 0.6) is 0 Å². The van der Waals surface area contributed by atoms with E-state index in [-0.39, 0.29) is 18.0 Å². The summed E-state index contributed by atoms with van der Waals surface area (Å²) in [7, 11) is 1.89. The van der Waals surface area contributed by atoms with Crippen LogP contribution in [0.2, 0.25) is 5.02 Å². The van der Waals surface area contributed by atoms with E-state index < -0.39 is 0 Å². The van der Waals surface area contributed by atoms with E-state index in [0.717, 1.165) is 32.7 Å². The number of ether oxygens (including phenoxy) is 1. The van der Waals surface area contributed by atoms with Crippen molar-refractivity contribution in [1.82, 2.24) is 10.2 Å². The maximum atomic E-state index is 13.9. The van der Waals surface area contributed by atoms with E-state index in [1.165, 1.54) is 6.07 Å². The second kappa shape index (κ2) is 8.08. The fraction of sp³-hybridized carbons (Fsp3) is 0.625. The summed E-state index contributed by atoms with van der Waals surface area (Å²) < 4.78 is 19.8. The van der Waals surface area contributed by atoms with E-state index in [0.29, 0.717) is 17.0 Å². The number of nitrogens with zero attached hydrogens (tertiary/aromatic N) is 1. The van der Waals surface area contributed by atoms with Gasteiger partial charge >= 0.3 is 0 Å². The standard InChI is InChI=1S/C16H24ClFN2O/c1-3-7-20-8-9-21-16(11-20)15(19-2)10-12-13(17)5-4-6-14(12)18/h4-6,15-16,19H,3,7-11H2,1-2H3. The molecule has 1 aromatic rings. The first-order chi connectivity index (χ1) is 10.2. The Labute approximate surface area is 131 Å². The Bertz CT molecular complexity index is 436. The summed E-state index contributed by atoms with van der Waals surface area (Å²) in [4.78, 5) is 2.40. The Morgan fingerprint density at radius 1 is 1.52 bits per heavy atom. The fourth-order valence-electron chi connectivity index (χ4n) is 2.86. The molecule has 1 saturated heterocycles. The van der Waals surface area contributed by atoms with Gasteiger partial charge < -0.3 is 10.1 Å². The van der Waals surface area contributed by atoms with Crippen LogP contribution < -0.4 is 5.32 Å². The third kappa shape index (κ3) is 4.39. The van der Waals surface area contributed by atoms with E-state index in [1.807, 2.05) is 7.05 Å². The lowest BCUT2D eigenvalue weighted by Crippen LogP contribution is -2.52. The molecule has 118 valence electrons. The van der Waals surface area contributed by atoms with Gasteiger partial charge in [-0.05, 0) is 38.6 Å². The average molecular weight is 315 g/mol. The Hall–Kier alpha value is -0.680. The van der Waals surface area contributed by atoms with Crippen molar-refractivity contribution >= 4 is 11.6 Å². The number of hydrogen-bond donors (Lipinski definition) is 1. The highest BCUT2D eigenvalue weighted by atomic mass is 35.5. The van der Waals surface area contributed by atoms with Crippen LogP contribution in [0.4, 0.5) is 4.39 Å². The average Bonchev–Trinajstić information content (AvgIpc) is 2.48. The van der Waals surface area contributed by atoms with Crippen molar-refractivity contribution in [3.63, 3.8) is 0 Å². The first-order valence-corrected chi connectivity index (χ1v) is 7.97. The van der Waals surface area contributed by atoms with Crippen molar-refractivity contribution < 1.29 is 9.13 Å². The quantitative estimate of drug-likeness (QED) is 0.874. The minimum atomic E-state index is -0.246. The Kier molecular flexibility index (Phi) is 6.42. The number of hydrogen-bond acceptors (Lipinski definition) is 3. The van der Waals surface area contributed by atoms with Gasteiger partial charge in [0.25, 0.3) is 0 Å². The molecule has 0 saturated carbocycles. The molecule has 0 radical (unpaired) electrons. The fourth-order valence-corrected chi connectivity index (χ4v) is 3.10. The van der Waals surface area contributed by atoms with Gasteiger partial charge in [-0.25, -0.2) is 4.39 Å². The number of halogens is 2. The summed E-state index contributed by atoms with van der Waals surface area (Å²) in [6, 6.07) is 4.88. The van der Waals surface area contributed by atoms with Crippen LogP contribution in [0, 0.1) is 5.82 Å². The van der Waals surface area contributed by atoms with Crippen LogP contribution in [-0.2, 0) is 11.2 Å². The molecule has 5 heteroatoms. The van der Waals surface area contributed by atoms with Crippen LogP contribution in [0.25, 0.3) is 0 Å². The van der Waals surface area contributed by atoms with Gasteiger partial charge in [0.1, 0.15) is 5.82 Å². The molecule has 2 unspecified atom stereocenters. The van der Waals surface area contributed by atoms with Gasteiger partial charge in [0.2, 0.25) is 0 Å². The summed E-state index contributed by atoms with van der Waals surface area (Å²) in [5.41, 5.74) is 0.565. The molecule has 2 rings (SSSR count). The van der Waals surface area contributed by atoms with Crippen LogP contribution in [0.15, 0.2) is 18.2 Å². The molecule has 1 N–H and O–H groups in total.